The van der Waals surface area contributed by atoms with E-state index in [4.69, 9.17) is 0 Å². The SMILES string of the molecule is CCCCCC(C)N(CCC(=O)OC)CCC(=O)OC. The Hall–Kier alpha value is -1.10. The summed E-state index contributed by atoms with van der Waals surface area (Å²) in [7, 11) is 2.79. The molecular formula is C15H29NO4. The van der Waals surface area contributed by atoms with Crippen LogP contribution in [-0.2, 0) is 19.1 Å². The minimum atomic E-state index is -0.214. The third-order valence-corrected chi connectivity index (χ3v) is 3.51. The van der Waals surface area contributed by atoms with Crippen LogP contribution in [0, 0.1) is 0 Å². The highest BCUT2D eigenvalue weighted by atomic mass is 16.5. The maximum absolute atomic E-state index is 11.3. The van der Waals surface area contributed by atoms with Gasteiger partial charge in [-0.1, -0.05) is 26.2 Å². The number of methoxy groups -OCH3 is 2. The molecule has 0 saturated heterocycles. The molecule has 5 heteroatoms. The summed E-state index contributed by atoms with van der Waals surface area (Å²) in [5, 5.41) is 0. The van der Waals surface area contributed by atoms with Crippen LogP contribution in [0.1, 0.15) is 52.4 Å². The fourth-order valence-electron chi connectivity index (χ4n) is 2.10. The monoisotopic (exact) mass is 287 g/mol. The largest absolute Gasteiger partial charge is 0.469 e. The van der Waals surface area contributed by atoms with Crippen molar-refractivity contribution in [2.75, 3.05) is 27.3 Å². The van der Waals surface area contributed by atoms with Crippen molar-refractivity contribution < 1.29 is 19.1 Å². The lowest BCUT2D eigenvalue weighted by molar-refractivity contribution is -0.141. The molecule has 1 atom stereocenters. The van der Waals surface area contributed by atoms with E-state index in [1.54, 1.807) is 0 Å². The standard InChI is InChI=1S/C15H29NO4/c1-5-6-7-8-13(2)16(11-9-14(17)19-3)12-10-15(18)20-4/h13H,5-12H2,1-4H3. The zero-order chi connectivity index (χ0) is 15.4. The van der Waals surface area contributed by atoms with Crippen LogP contribution < -0.4 is 0 Å². The zero-order valence-corrected chi connectivity index (χ0v) is 13.3. The molecule has 118 valence electrons. The van der Waals surface area contributed by atoms with Crippen molar-refractivity contribution in [1.29, 1.82) is 0 Å². The van der Waals surface area contributed by atoms with Gasteiger partial charge in [0.05, 0.1) is 27.1 Å². The fraction of sp³-hybridized carbons (Fsp3) is 0.867. The molecule has 20 heavy (non-hydrogen) atoms. The Bertz CT molecular complexity index is 261. The summed E-state index contributed by atoms with van der Waals surface area (Å²) in [5.41, 5.74) is 0. The van der Waals surface area contributed by atoms with E-state index in [2.05, 4.69) is 28.2 Å². The van der Waals surface area contributed by atoms with Gasteiger partial charge in [0.15, 0.2) is 0 Å². The molecule has 0 rings (SSSR count). The predicted octanol–water partition coefficient (Wildman–Crippen LogP) is 2.38. The number of ether oxygens (including phenoxy) is 2. The van der Waals surface area contributed by atoms with Gasteiger partial charge in [0.1, 0.15) is 0 Å². The first-order valence-electron chi connectivity index (χ1n) is 7.42. The molecule has 0 radical (unpaired) electrons. The Kier molecular flexibility index (Phi) is 11.1. The minimum Gasteiger partial charge on any atom is -0.469 e. The van der Waals surface area contributed by atoms with E-state index in [0.29, 0.717) is 32.0 Å². The lowest BCUT2D eigenvalue weighted by atomic mass is 10.1. The highest BCUT2D eigenvalue weighted by Crippen LogP contribution is 2.11. The van der Waals surface area contributed by atoms with Crippen molar-refractivity contribution in [3.8, 4) is 0 Å². The molecule has 0 bridgehead atoms. The molecule has 0 aliphatic rings. The van der Waals surface area contributed by atoms with Gasteiger partial charge in [0.25, 0.3) is 0 Å². The third kappa shape index (κ3) is 8.91. The Morgan fingerprint density at radius 3 is 1.90 bits per heavy atom. The van der Waals surface area contributed by atoms with Crippen LogP contribution in [0.5, 0.6) is 0 Å². The van der Waals surface area contributed by atoms with Crippen LogP contribution in [-0.4, -0.2) is 50.2 Å². The van der Waals surface area contributed by atoms with Crippen LogP contribution in [0.25, 0.3) is 0 Å². The third-order valence-electron chi connectivity index (χ3n) is 3.51. The molecule has 0 fully saturated rings. The van der Waals surface area contributed by atoms with Gasteiger partial charge in [0, 0.05) is 19.1 Å². The van der Waals surface area contributed by atoms with Gasteiger partial charge in [0.2, 0.25) is 0 Å². The second-order valence-electron chi connectivity index (χ2n) is 5.03. The molecule has 0 aromatic carbocycles. The van der Waals surface area contributed by atoms with Crippen LogP contribution in [0.4, 0.5) is 0 Å². The first-order chi connectivity index (χ1) is 9.54. The van der Waals surface area contributed by atoms with E-state index in [0.717, 1.165) is 6.42 Å². The number of carbonyl (C=O) groups excluding carboxylic acids is 2. The van der Waals surface area contributed by atoms with Crippen LogP contribution in [0.2, 0.25) is 0 Å². The summed E-state index contributed by atoms with van der Waals surface area (Å²) in [5.74, 6) is -0.428. The maximum atomic E-state index is 11.3. The average molecular weight is 287 g/mol. The fourth-order valence-corrected chi connectivity index (χ4v) is 2.10. The van der Waals surface area contributed by atoms with Gasteiger partial charge in [-0.3, -0.25) is 14.5 Å². The van der Waals surface area contributed by atoms with Crippen LogP contribution >= 0.6 is 0 Å². The molecule has 0 heterocycles. The van der Waals surface area contributed by atoms with Gasteiger partial charge in [-0.2, -0.15) is 0 Å². The number of hydrogen-bond acceptors (Lipinski definition) is 5. The highest BCUT2D eigenvalue weighted by Gasteiger charge is 2.16. The molecule has 0 saturated carbocycles. The van der Waals surface area contributed by atoms with E-state index in [1.165, 1.54) is 33.5 Å². The summed E-state index contributed by atoms with van der Waals surface area (Å²) >= 11 is 0. The smallest absolute Gasteiger partial charge is 0.306 e. The van der Waals surface area contributed by atoms with E-state index in [9.17, 15) is 9.59 Å². The lowest BCUT2D eigenvalue weighted by Gasteiger charge is -2.28. The maximum Gasteiger partial charge on any atom is 0.306 e. The Labute approximate surface area is 122 Å². The number of hydrogen-bond donors (Lipinski definition) is 0. The van der Waals surface area contributed by atoms with Gasteiger partial charge in [-0.25, -0.2) is 0 Å². The molecular weight excluding hydrogens is 258 g/mol. The van der Waals surface area contributed by atoms with Crippen molar-refractivity contribution >= 4 is 11.9 Å². The summed E-state index contributed by atoms with van der Waals surface area (Å²) in [4.78, 5) is 24.7. The van der Waals surface area contributed by atoms with E-state index in [1.807, 2.05) is 0 Å². The molecule has 5 nitrogen and oxygen atoms in total. The van der Waals surface area contributed by atoms with Gasteiger partial charge >= 0.3 is 11.9 Å². The average Bonchev–Trinajstić information content (AvgIpc) is 2.46. The molecule has 0 N–H and O–H groups in total. The first kappa shape index (κ1) is 18.9. The van der Waals surface area contributed by atoms with Crippen molar-refractivity contribution in [2.45, 2.75) is 58.4 Å². The second kappa shape index (κ2) is 11.7. The first-order valence-corrected chi connectivity index (χ1v) is 7.42. The molecule has 0 aliphatic heterocycles. The van der Waals surface area contributed by atoms with Crippen LogP contribution in [0.3, 0.4) is 0 Å². The van der Waals surface area contributed by atoms with Gasteiger partial charge in [-0.15, -0.1) is 0 Å². The summed E-state index contributed by atoms with van der Waals surface area (Å²) in [6, 6.07) is 0.357. The normalized spacial score (nSPS) is 12.2. The predicted molar refractivity (Wildman–Crippen MR) is 78.4 cm³/mol. The number of nitrogens with zero attached hydrogens (tertiary/aromatic N) is 1. The zero-order valence-electron chi connectivity index (χ0n) is 13.3. The van der Waals surface area contributed by atoms with Gasteiger partial charge in [-0.05, 0) is 13.3 Å². The van der Waals surface area contributed by atoms with Crippen molar-refractivity contribution in [2.24, 2.45) is 0 Å². The van der Waals surface area contributed by atoms with Crippen molar-refractivity contribution in [3.63, 3.8) is 0 Å². The lowest BCUT2D eigenvalue weighted by Crippen LogP contribution is -2.36. The second-order valence-corrected chi connectivity index (χ2v) is 5.03. The van der Waals surface area contributed by atoms with E-state index in [-0.39, 0.29) is 11.9 Å². The number of esters is 2. The summed E-state index contributed by atoms with van der Waals surface area (Å²) < 4.78 is 9.34. The van der Waals surface area contributed by atoms with E-state index >= 15 is 0 Å². The van der Waals surface area contributed by atoms with Crippen molar-refractivity contribution in [1.82, 2.24) is 4.90 Å². The summed E-state index contributed by atoms with van der Waals surface area (Å²) in [6.45, 7) is 5.56. The molecule has 0 aromatic rings. The number of carbonyl (C=O) groups is 2. The molecule has 0 aromatic heterocycles. The van der Waals surface area contributed by atoms with E-state index < -0.39 is 0 Å². The number of unbranched alkanes of at least 4 members (excludes halogenated alkanes) is 2. The highest BCUT2D eigenvalue weighted by molar-refractivity contribution is 5.70. The molecule has 1 unspecified atom stereocenters. The Morgan fingerprint density at radius 2 is 1.50 bits per heavy atom. The minimum absolute atomic E-state index is 0.214. The van der Waals surface area contributed by atoms with Crippen LogP contribution in [0.15, 0.2) is 0 Å². The quantitative estimate of drug-likeness (QED) is 0.431. The molecule has 0 spiro atoms. The Morgan fingerprint density at radius 1 is 1.00 bits per heavy atom. The molecule has 0 aliphatic carbocycles. The number of rotatable bonds is 11. The molecule has 0 amide bonds. The van der Waals surface area contributed by atoms with Crippen molar-refractivity contribution in [3.05, 3.63) is 0 Å². The summed E-state index contributed by atoms with van der Waals surface area (Å²) in [6.07, 6.45) is 5.37. The van der Waals surface area contributed by atoms with Gasteiger partial charge < -0.3 is 9.47 Å². The topological polar surface area (TPSA) is 55.8 Å². The Balaban J connectivity index is 4.27.